The molecule has 0 aromatic carbocycles. The molecule has 2 saturated carbocycles. The van der Waals surface area contributed by atoms with Crippen molar-refractivity contribution < 1.29 is 19.2 Å². The average molecular weight is 488 g/mol. The van der Waals surface area contributed by atoms with Gasteiger partial charge in [-0.2, -0.15) is 4.98 Å². The van der Waals surface area contributed by atoms with Crippen molar-refractivity contribution in [3.63, 3.8) is 0 Å². The van der Waals surface area contributed by atoms with Gasteiger partial charge in [0.2, 0.25) is 11.5 Å². The molecule has 0 amide bonds. The molecule has 2 unspecified atom stereocenters. The SMILES string of the molecule is Cc1noc(CCCN(C)C2C3CC[C@H]2[C@H](OC(=O)C(O)(c2cccs2)c2cccs2)C3)n1. The fraction of sp³-hybridized carbons (Fsp3) is 0.542. The molecule has 2 aliphatic rings. The van der Waals surface area contributed by atoms with E-state index in [4.69, 9.17) is 9.26 Å². The quantitative estimate of drug-likeness (QED) is 0.456. The number of ether oxygens (including phenoxy) is 1. The van der Waals surface area contributed by atoms with E-state index in [9.17, 15) is 9.90 Å². The summed E-state index contributed by atoms with van der Waals surface area (Å²) in [5.74, 6) is 1.61. The van der Waals surface area contributed by atoms with Crippen molar-refractivity contribution in [1.29, 1.82) is 0 Å². The molecule has 3 aromatic heterocycles. The second-order valence-corrected chi connectivity index (χ2v) is 11.1. The van der Waals surface area contributed by atoms with Gasteiger partial charge in [0.05, 0.1) is 9.75 Å². The van der Waals surface area contributed by atoms with Crippen LogP contribution in [0.5, 0.6) is 0 Å². The van der Waals surface area contributed by atoms with Crippen LogP contribution in [-0.2, 0) is 21.6 Å². The van der Waals surface area contributed by atoms with Crippen molar-refractivity contribution in [3.8, 4) is 0 Å². The topological polar surface area (TPSA) is 88.7 Å². The van der Waals surface area contributed by atoms with Gasteiger partial charge in [-0.3, -0.25) is 0 Å². The lowest BCUT2D eigenvalue weighted by atomic mass is 9.96. The maximum Gasteiger partial charge on any atom is 0.349 e. The number of hydrogen-bond acceptors (Lipinski definition) is 9. The molecule has 4 atom stereocenters. The zero-order valence-electron chi connectivity index (χ0n) is 18.8. The first-order valence-electron chi connectivity index (χ1n) is 11.5. The molecule has 0 saturated heterocycles. The number of aliphatic hydroxyl groups is 1. The lowest BCUT2D eigenvalue weighted by molar-refractivity contribution is -0.170. The van der Waals surface area contributed by atoms with E-state index in [2.05, 4.69) is 22.1 Å². The normalized spacial score (nSPS) is 24.6. The Kier molecular flexibility index (Phi) is 6.39. The summed E-state index contributed by atoms with van der Waals surface area (Å²) in [6, 6.07) is 7.69. The summed E-state index contributed by atoms with van der Waals surface area (Å²) in [6.07, 6.45) is 4.62. The van der Waals surface area contributed by atoms with E-state index >= 15 is 0 Å². The van der Waals surface area contributed by atoms with Crippen LogP contribution >= 0.6 is 22.7 Å². The van der Waals surface area contributed by atoms with Crippen LogP contribution < -0.4 is 0 Å². The largest absolute Gasteiger partial charge is 0.459 e. The van der Waals surface area contributed by atoms with Gasteiger partial charge in [0, 0.05) is 18.4 Å². The summed E-state index contributed by atoms with van der Waals surface area (Å²) in [7, 11) is 2.16. The van der Waals surface area contributed by atoms with E-state index in [1.54, 1.807) is 12.1 Å². The molecule has 33 heavy (non-hydrogen) atoms. The van der Waals surface area contributed by atoms with E-state index in [1.807, 2.05) is 29.8 Å². The Bertz CT molecular complexity index is 1030. The van der Waals surface area contributed by atoms with Crippen LogP contribution in [0.25, 0.3) is 0 Å². The maximum atomic E-state index is 13.4. The van der Waals surface area contributed by atoms with Crippen molar-refractivity contribution in [2.24, 2.45) is 11.8 Å². The molecule has 176 valence electrons. The van der Waals surface area contributed by atoms with Crippen LogP contribution in [0.15, 0.2) is 39.5 Å². The third-order valence-corrected chi connectivity index (χ3v) is 9.05. The van der Waals surface area contributed by atoms with Crippen molar-refractivity contribution in [2.45, 2.75) is 56.8 Å². The van der Waals surface area contributed by atoms with Crippen LogP contribution in [0.1, 0.15) is 47.2 Å². The number of carbonyl (C=O) groups excluding carboxylic acids is 1. The number of hydrogen-bond donors (Lipinski definition) is 1. The van der Waals surface area contributed by atoms with Crippen molar-refractivity contribution in [3.05, 3.63) is 56.5 Å². The molecule has 7 nitrogen and oxygen atoms in total. The maximum absolute atomic E-state index is 13.4. The molecule has 2 bridgehead atoms. The van der Waals surface area contributed by atoms with Gasteiger partial charge in [0.1, 0.15) is 6.10 Å². The second-order valence-electron chi connectivity index (χ2n) is 9.16. The van der Waals surface area contributed by atoms with E-state index in [-0.39, 0.29) is 6.10 Å². The molecule has 0 aliphatic heterocycles. The molecule has 0 radical (unpaired) electrons. The van der Waals surface area contributed by atoms with Crippen molar-refractivity contribution >= 4 is 28.6 Å². The van der Waals surface area contributed by atoms with E-state index in [0.717, 1.165) is 38.6 Å². The number of aromatic nitrogens is 2. The highest BCUT2D eigenvalue weighted by Crippen LogP contribution is 2.49. The molecule has 3 heterocycles. The molecule has 5 rings (SSSR count). The number of aryl methyl sites for hydroxylation is 2. The Labute approximate surface area is 201 Å². The highest BCUT2D eigenvalue weighted by Gasteiger charge is 2.53. The molecule has 2 aliphatic carbocycles. The van der Waals surface area contributed by atoms with Gasteiger partial charge in [-0.15, -0.1) is 22.7 Å². The smallest absolute Gasteiger partial charge is 0.349 e. The highest BCUT2D eigenvalue weighted by atomic mass is 32.1. The number of thiophene rings is 2. The van der Waals surface area contributed by atoms with E-state index < -0.39 is 11.6 Å². The number of esters is 1. The number of nitrogens with zero attached hydrogens (tertiary/aromatic N) is 3. The minimum absolute atomic E-state index is 0.159. The van der Waals surface area contributed by atoms with Gasteiger partial charge in [-0.25, -0.2) is 4.79 Å². The first-order valence-corrected chi connectivity index (χ1v) is 13.2. The Morgan fingerprint density at radius 3 is 2.61 bits per heavy atom. The van der Waals surface area contributed by atoms with Crippen LogP contribution in [0.4, 0.5) is 0 Å². The summed E-state index contributed by atoms with van der Waals surface area (Å²) in [6.45, 7) is 2.75. The van der Waals surface area contributed by atoms with Crippen LogP contribution in [0.3, 0.4) is 0 Å². The summed E-state index contributed by atoms with van der Waals surface area (Å²) < 4.78 is 11.3. The summed E-state index contributed by atoms with van der Waals surface area (Å²) >= 11 is 2.75. The number of carbonyl (C=O) groups is 1. The molecule has 0 spiro atoms. The Hall–Kier alpha value is -2.07. The predicted molar refractivity (Wildman–Crippen MR) is 126 cm³/mol. The van der Waals surface area contributed by atoms with Gasteiger partial charge in [0.25, 0.3) is 0 Å². The monoisotopic (exact) mass is 487 g/mol. The zero-order valence-corrected chi connectivity index (χ0v) is 20.5. The molecular formula is C24H29N3O4S2. The van der Waals surface area contributed by atoms with E-state index in [1.165, 1.54) is 22.7 Å². The Morgan fingerprint density at radius 2 is 2.00 bits per heavy atom. The lowest BCUT2D eigenvalue weighted by Crippen LogP contribution is -2.42. The first kappa shape index (κ1) is 22.7. The average Bonchev–Trinajstić information content (AvgIpc) is 3.62. The fourth-order valence-corrected chi connectivity index (χ4v) is 7.35. The van der Waals surface area contributed by atoms with Gasteiger partial charge >= 0.3 is 5.97 Å². The third kappa shape index (κ3) is 4.27. The van der Waals surface area contributed by atoms with E-state index in [0.29, 0.717) is 39.3 Å². The molecular weight excluding hydrogens is 458 g/mol. The highest BCUT2D eigenvalue weighted by molar-refractivity contribution is 7.12. The van der Waals surface area contributed by atoms with Gasteiger partial charge in [0.15, 0.2) is 5.82 Å². The minimum Gasteiger partial charge on any atom is -0.459 e. The standard InChI is InChI=1S/C24H29N3O4S2/c1-15-25-21(31-26-15)8-3-11-27(2)22-16-9-10-17(22)18(14-16)30-23(28)24(29,19-6-4-12-32-19)20-7-5-13-33-20/h4-7,12-13,16-18,22,29H,3,8-11,14H2,1-2H3/t16?,17-,18+,22?/m0/s1. The second kappa shape index (κ2) is 9.29. The van der Waals surface area contributed by atoms with Crippen molar-refractivity contribution in [2.75, 3.05) is 13.6 Å². The van der Waals surface area contributed by atoms with Crippen molar-refractivity contribution in [1.82, 2.24) is 15.0 Å². The lowest BCUT2D eigenvalue weighted by Gasteiger charge is -2.31. The zero-order chi connectivity index (χ0) is 23.0. The number of rotatable bonds is 9. The summed E-state index contributed by atoms with van der Waals surface area (Å²) in [5, 5.41) is 19.1. The van der Waals surface area contributed by atoms with Crippen LogP contribution in [-0.4, -0.2) is 51.9 Å². The Balaban J connectivity index is 1.24. The van der Waals surface area contributed by atoms with Gasteiger partial charge < -0.3 is 19.3 Å². The fourth-order valence-electron chi connectivity index (χ4n) is 5.64. The molecule has 1 N–H and O–H groups in total. The molecule has 9 heteroatoms. The summed E-state index contributed by atoms with van der Waals surface area (Å²) in [4.78, 5) is 21.3. The Morgan fingerprint density at radius 1 is 1.27 bits per heavy atom. The van der Waals surface area contributed by atoms with Crippen LogP contribution in [0.2, 0.25) is 0 Å². The molecule has 3 aromatic rings. The first-order chi connectivity index (χ1) is 16.0. The predicted octanol–water partition coefficient (Wildman–Crippen LogP) is 4.01. The molecule has 2 fully saturated rings. The van der Waals surface area contributed by atoms with Gasteiger partial charge in [-0.1, -0.05) is 17.3 Å². The summed E-state index contributed by atoms with van der Waals surface area (Å²) in [5.41, 5.74) is -1.74. The van der Waals surface area contributed by atoms with Gasteiger partial charge in [-0.05, 0) is 75.0 Å². The minimum atomic E-state index is -1.74. The van der Waals surface area contributed by atoms with Crippen LogP contribution in [0, 0.1) is 18.8 Å². The third-order valence-electron chi connectivity index (χ3n) is 7.09. The number of fused-ring (bicyclic) bond motifs is 2.